The molecule has 0 aliphatic rings. The van der Waals surface area contributed by atoms with Crippen LogP contribution in [0.25, 0.3) is 0 Å². The number of nitrogens with one attached hydrogen (secondary N) is 1. The summed E-state index contributed by atoms with van der Waals surface area (Å²) in [6, 6.07) is 7.58. The highest BCUT2D eigenvalue weighted by Crippen LogP contribution is 2.27. The Balaban J connectivity index is 2.04. The molecule has 0 aliphatic carbocycles. The summed E-state index contributed by atoms with van der Waals surface area (Å²) < 4.78 is 0.744. The average Bonchev–Trinajstić information content (AvgIpc) is 2.87. The van der Waals surface area contributed by atoms with Crippen molar-refractivity contribution in [1.82, 2.24) is 5.32 Å². The lowest BCUT2D eigenvalue weighted by atomic mass is 10.2. The van der Waals surface area contributed by atoms with Gasteiger partial charge < -0.3 is 5.32 Å². The maximum absolute atomic E-state index is 11.9. The number of carbonyl (C=O) groups excluding carboxylic acids is 1. The number of amides is 1. The van der Waals surface area contributed by atoms with E-state index in [4.69, 9.17) is 11.6 Å². The molecule has 0 bridgehead atoms. The Bertz CT molecular complexity index is 532. The normalized spacial score (nSPS) is 12.4. The molecule has 1 amide bonds. The van der Waals surface area contributed by atoms with Crippen LogP contribution in [-0.4, -0.2) is 5.91 Å². The fraction of sp³-hybridized carbons (Fsp3) is 0.250. The number of rotatable bonds is 3. The highest BCUT2D eigenvalue weighted by atomic mass is 35.5. The Hall–Kier alpha value is -0.840. The van der Waals surface area contributed by atoms with Crippen molar-refractivity contribution in [3.8, 4) is 0 Å². The van der Waals surface area contributed by atoms with E-state index in [1.54, 1.807) is 0 Å². The molecule has 2 aromatic heterocycles. The van der Waals surface area contributed by atoms with Crippen LogP contribution in [0.2, 0.25) is 4.34 Å². The van der Waals surface area contributed by atoms with Gasteiger partial charge in [0.15, 0.2) is 0 Å². The van der Waals surface area contributed by atoms with Crippen LogP contribution in [0.15, 0.2) is 24.3 Å². The van der Waals surface area contributed by atoms with Gasteiger partial charge in [-0.05, 0) is 38.1 Å². The van der Waals surface area contributed by atoms with Gasteiger partial charge in [0.05, 0.1) is 15.3 Å². The molecule has 1 atom stereocenters. The third-order valence-corrected chi connectivity index (χ3v) is 4.75. The summed E-state index contributed by atoms with van der Waals surface area (Å²) in [7, 11) is 0. The van der Waals surface area contributed by atoms with Crippen LogP contribution < -0.4 is 5.32 Å². The van der Waals surface area contributed by atoms with Crippen LogP contribution in [0.3, 0.4) is 0 Å². The lowest BCUT2D eigenvalue weighted by Crippen LogP contribution is -2.25. The SMILES string of the molecule is Cc1ccc(C(=O)N[C@H](C)c2ccc(Cl)s2)s1. The van der Waals surface area contributed by atoms with Crippen molar-refractivity contribution in [2.24, 2.45) is 0 Å². The van der Waals surface area contributed by atoms with Gasteiger partial charge in [-0.1, -0.05) is 11.6 Å². The van der Waals surface area contributed by atoms with Gasteiger partial charge in [-0.25, -0.2) is 0 Å². The topological polar surface area (TPSA) is 29.1 Å². The van der Waals surface area contributed by atoms with Crippen LogP contribution in [-0.2, 0) is 0 Å². The second kappa shape index (κ2) is 5.21. The molecule has 90 valence electrons. The summed E-state index contributed by atoms with van der Waals surface area (Å²) in [6.07, 6.45) is 0. The van der Waals surface area contributed by atoms with Crippen molar-refractivity contribution in [1.29, 1.82) is 0 Å². The Morgan fingerprint density at radius 3 is 2.59 bits per heavy atom. The zero-order valence-electron chi connectivity index (χ0n) is 9.49. The summed E-state index contributed by atoms with van der Waals surface area (Å²) in [4.78, 5) is 14.9. The standard InChI is InChI=1S/C12H12ClNOS2/c1-7-3-4-10(16-7)12(15)14-8(2)9-5-6-11(13)17-9/h3-6,8H,1-2H3,(H,14,15)/t8-/m1/s1. The summed E-state index contributed by atoms with van der Waals surface area (Å²) in [5.74, 6) is -0.0277. The van der Waals surface area contributed by atoms with Crippen LogP contribution in [0.4, 0.5) is 0 Å². The minimum Gasteiger partial charge on any atom is -0.344 e. The molecule has 17 heavy (non-hydrogen) atoms. The maximum atomic E-state index is 11.9. The Kier molecular flexibility index (Phi) is 3.86. The van der Waals surface area contributed by atoms with E-state index in [-0.39, 0.29) is 11.9 Å². The predicted octanol–water partition coefficient (Wildman–Crippen LogP) is 4.26. The number of hydrogen-bond acceptors (Lipinski definition) is 3. The minimum atomic E-state index is -0.0277. The van der Waals surface area contributed by atoms with Crippen LogP contribution in [0.1, 0.15) is 32.4 Å². The molecule has 2 nitrogen and oxygen atoms in total. The molecule has 2 heterocycles. The first kappa shape index (κ1) is 12.6. The molecule has 2 rings (SSSR count). The van der Waals surface area contributed by atoms with Crippen molar-refractivity contribution in [3.05, 3.63) is 43.2 Å². The van der Waals surface area contributed by atoms with E-state index in [1.807, 2.05) is 38.1 Å². The first-order valence-corrected chi connectivity index (χ1v) is 7.20. The van der Waals surface area contributed by atoms with Gasteiger partial charge in [0.2, 0.25) is 0 Å². The van der Waals surface area contributed by atoms with Crippen LogP contribution in [0, 0.1) is 6.92 Å². The lowest BCUT2D eigenvalue weighted by Gasteiger charge is -2.10. The number of halogens is 1. The Morgan fingerprint density at radius 1 is 1.29 bits per heavy atom. The van der Waals surface area contributed by atoms with Gasteiger partial charge in [0.25, 0.3) is 5.91 Å². The molecule has 1 N–H and O–H groups in total. The van der Waals surface area contributed by atoms with Gasteiger partial charge >= 0.3 is 0 Å². The first-order valence-electron chi connectivity index (χ1n) is 5.19. The van der Waals surface area contributed by atoms with E-state index >= 15 is 0 Å². The van der Waals surface area contributed by atoms with E-state index in [9.17, 15) is 4.79 Å². The number of aryl methyl sites for hydroxylation is 1. The number of hydrogen-bond donors (Lipinski definition) is 1. The summed E-state index contributed by atoms with van der Waals surface area (Å²) in [5.41, 5.74) is 0. The zero-order valence-corrected chi connectivity index (χ0v) is 11.9. The van der Waals surface area contributed by atoms with Gasteiger partial charge in [-0.2, -0.15) is 0 Å². The van der Waals surface area contributed by atoms with Gasteiger partial charge in [0, 0.05) is 9.75 Å². The average molecular weight is 286 g/mol. The summed E-state index contributed by atoms with van der Waals surface area (Å²) >= 11 is 8.87. The molecule has 0 saturated heterocycles. The highest BCUT2D eigenvalue weighted by molar-refractivity contribution is 7.16. The van der Waals surface area contributed by atoms with Crippen LogP contribution >= 0.6 is 34.3 Å². The van der Waals surface area contributed by atoms with Gasteiger partial charge in [-0.3, -0.25) is 4.79 Å². The minimum absolute atomic E-state index is 0.0117. The molecular formula is C12H12ClNOS2. The van der Waals surface area contributed by atoms with Gasteiger partial charge in [0.1, 0.15) is 0 Å². The van der Waals surface area contributed by atoms with E-state index in [0.717, 1.165) is 19.0 Å². The first-order chi connectivity index (χ1) is 8.06. The predicted molar refractivity (Wildman–Crippen MR) is 74.3 cm³/mol. The second-order valence-electron chi connectivity index (χ2n) is 3.75. The van der Waals surface area contributed by atoms with E-state index in [1.165, 1.54) is 22.7 Å². The number of thiophene rings is 2. The van der Waals surface area contributed by atoms with E-state index < -0.39 is 0 Å². The van der Waals surface area contributed by atoms with Crippen molar-refractivity contribution in [2.75, 3.05) is 0 Å². The number of carbonyl (C=O) groups is 1. The van der Waals surface area contributed by atoms with Gasteiger partial charge in [-0.15, -0.1) is 22.7 Å². The molecule has 0 aromatic carbocycles. The Morgan fingerprint density at radius 2 is 2.06 bits per heavy atom. The van der Waals surface area contributed by atoms with Crippen molar-refractivity contribution in [3.63, 3.8) is 0 Å². The molecule has 0 spiro atoms. The lowest BCUT2D eigenvalue weighted by molar-refractivity contribution is 0.0944. The highest BCUT2D eigenvalue weighted by Gasteiger charge is 2.14. The fourth-order valence-electron chi connectivity index (χ4n) is 1.46. The smallest absolute Gasteiger partial charge is 0.261 e. The largest absolute Gasteiger partial charge is 0.344 e. The summed E-state index contributed by atoms with van der Waals surface area (Å²) in [5, 5.41) is 2.96. The van der Waals surface area contributed by atoms with E-state index in [0.29, 0.717) is 0 Å². The Labute approximate surface area is 113 Å². The van der Waals surface area contributed by atoms with Crippen LogP contribution in [0.5, 0.6) is 0 Å². The maximum Gasteiger partial charge on any atom is 0.261 e. The zero-order chi connectivity index (χ0) is 12.4. The second-order valence-corrected chi connectivity index (χ2v) is 6.78. The fourth-order valence-corrected chi connectivity index (χ4v) is 3.29. The third-order valence-electron chi connectivity index (χ3n) is 2.33. The molecule has 0 saturated carbocycles. The summed E-state index contributed by atoms with van der Waals surface area (Å²) in [6.45, 7) is 3.95. The van der Waals surface area contributed by atoms with E-state index in [2.05, 4.69) is 5.32 Å². The monoisotopic (exact) mass is 285 g/mol. The van der Waals surface area contributed by atoms with Crippen molar-refractivity contribution < 1.29 is 4.79 Å². The molecular weight excluding hydrogens is 274 g/mol. The van der Waals surface area contributed by atoms with Crippen molar-refractivity contribution in [2.45, 2.75) is 19.9 Å². The third kappa shape index (κ3) is 3.09. The quantitative estimate of drug-likeness (QED) is 0.897. The molecule has 0 fully saturated rings. The molecule has 0 radical (unpaired) electrons. The van der Waals surface area contributed by atoms with Crippen molar-refractivity contribution >= 4 is 40.2 Å². The molecule has 2 aromatic rings. The molecule has 0 aliphatic heterocycles. The molecule has 5 heteroatoms. The molecule has 0 unspecified atom stereocenters.